The van der Waals surface area contributed by atoms with Crippen molar-refractivity contribution in [2.75, 3.05) is 20.1 Å². The van der Waals surface area contributed by atoms with E-state index < -0.39 is 4.83 Å². The van der Waals surface area contributed by atoms with Crippen molar-refractivity contribution >= 4 is 31.9 Å². The molecule has 66 valence electrons. The first-order chi connectivity index (χ1) is 4.81. The molecular weight excluding hydrogens is 284 g/mol. The van der Waals surface area contributed by atoms with Gasteiger partial charge >= 0.3 is 4.83 Å². The van der Waals surface area contributed by atoms with Gasteiger partial charge < -0.3 is 0 Å². The maximum Gasteiger partial charge on any atom is 0.313 e. The first-order valence-electron chi connectivity index (χ1n) is 2.90. The van der Waals surface area contributed by atoms with Gasteiger partial charge in [0.15, 0.2) is 0 Å². The third kappa shape index (κ3) is 8.43. The summed E-state index contributed by atoms with van der Waals surface area (Å²) in [6.45, 7) is 3.64. The van der Waals surface area contributed by atoms with Crippen LogP contribution in [0.1, 0.15) is 0 Å². The Bertz CT molecular complexity index is 144. The van der Waals surface area contributed by atoms with E-state index in [-0.39, 0.29) is 6.54 Å². The number of likely N-dealkylation sites (N-methyl/N-ethyl adjacent to an activating group) is 1. The predicted octanol–water partition coefficient (Wildman–Crippen LogP) is 2.81. The maximum atomic E-state index is 12.3. The van der Waals surface area contributed by atoms with Crippen molar-refractivity contribution in [3.8, 4) is 0 Å². The van der Waals surface area contributed by atoms with Crippen LogP contribution in [0.25, 0.3) is 0 Å². The number of halogens is 4. The average molecular weight is 293 g/mol. The summed E-state index contributed by atoms with van der Waals surface area (Å²) in [6, 6.07) is 0. The fourth-order valence-electron chi connectivity index (χ4n) is 0.655. The first-order valence-corrected chi connectivity index (χ1v) is 4.48. The average Bonchev–Trinajstić information content (AvgIpc) is 1.53. The van der Waals surface area contributed by atoms with E-state index in [4.69, 9.17) is 0 Å². The Morgan fingerprint density at radius 2 is 2.09 bits per heavy atom. The summed E-state index contributed by atoms with van der Waals surface area (Å²) in [6.07, 6.45) is 0. The molecule has 0 bridgehead atoms. The molecule has 0 rings (SSSR count). The summed E-state index contributed by atoms with van der Waals surface area (Å²) >= 11 is 5.34. The van der Waals surface area contributed by atoms with Gasteiger partial charge in [-0.1, -0.05) is 22.5 Å². The van der Waals surface area contributed by atoms with Crippen molar-refractivity contribution in [2.45, 2.75) is 4.83 Å². The fourth-order valence-corrected chi connectivity index (χ4v) is 1.51. The molecule has 0 unspecified atom stereocenters. The monoisotopic (exact) mass is 291 g/mol. The molecule has 0 atom stereocenters. The van der Waals surface area contributed by atoms with Gasteiger partial charge in [-0.15, -0.1) is 0 Å². The lowest BCUT2D eigenvalue weighted by atomic mass is 10.5. The van der Waals surface area contributed by atoms with Crippen LogP contribution in [0.15, 0.2) is 11.1 Å². The topological polar surface area (TPSA) is 3.24 Å². The van der Waals surface area contributed by atoms with Crippen molar-refractivity contribution < 1.29 is 8.78 Å². The van der Waals surface area contributed by atoms with Crippen LogP contribution in [0.3, 0.4) is 0 Å². The Morgan fingerprint density at radius 1 is 1.64 bits per heavy atom. The molecule has 0 N–H and O–H groups in total. The Balaban J connectivity index is 3.69. The second kappa shape index (κ2) is 4.52. The van der Waals surface area contributed by atoms with E-state index >= 15 is 0 Å². The van der Waals surface area contributed by atoms with Gasteiger partial charge in [0.2, 0.25) is 0 Å². The molecule has 0 aromatic carbocycles. The van der Waals surface area contributed by atoms with Crippen molar-refractivity contribution in [2.24, 2.45) is 0 Å². The molecule has 0 aromatic heterocycles. The second-order valence-electron chi connectivity index (χ2n) is 2.30. The molecule has 11 heavy (non-hydrogen) atoms. The summed E-state index contributed by atoms with van der Waals surface area (Å²) in [7, 11) is 1.60. The number of hydrogen-bond donors (Lipinski definition) is 0. The van der Waals surface area contributed by atoms with Crippen LogP contribution < -0.4 is 0 Å². The van der Waals surface area contributed by atoms with Crippen LogP contribution in [-0.2, 0) is 0 Å². The van der Waals surface area contributed by atoms with E-state index in [1.165, 1.54) is 4.90 Å². The standard InChI is InChI=1S/C6H9Br2F2N/c1-5(7)3-11(2)4-6(8,9)10/h1,3-4H2,2H3. The van der Waals surface area contributed by atoms with Crippen molar-refractivity contribution in [3.05, 3.63) is 11.1 Å². The first kappa shape index (κ1) is 11.5. The Labute approximate surface area is 81.7 Å². The molecule has 0 fully saturated rings. The van der Waals surface area contributed by atoms with Crippen molar-refractivity contribution in [1.29, 1.82) is 0 Å². The SMILES string of the molecule is C=C(Br)CN(C)CC(F)(F)Br. The lowest BCUT2D eigenvalue weighted by Gasteiger charge is -2.18. The zero-order chi connectivity index (χ0) is 9.07. The van der Waals surface area contributed by atoms with Crippen LogP contribution in [0.5, 0.6) is 0 Å². The number of hydrogen-bond acceptors (Lipinski definition) is 1. The Hall–Kier alpha value is 0.520. The largest absolute Gasteiger partial charge is 0.313 e. The molecule has 0 aliphatic rings. The van der Waals surface area contributed by atoms with Gasteiger partial charge in [-0.2, -0.15) is 8.78 Å². The summed E-state index contributed by atoms with van der Waals surface area (Å²) in [5, 5.41) is 0. The maximum absolute atomic E-state index is 12.3. The van der Waals surface area contributed by atoms with E-state index in [0.717, 1.165) is 0 Å². The highest BCUT2D eigenvalue weighted by atomic mass is 79.9. The minimum atomic E-state index is -2.82. The van der Waals surface area contributed by atoms with Gasteiger partial charge in [0, 0.05) is 11.0 Å². The van der Waals surface area contributed by atoms with Crippen LogP contribution in [0, 0.1) is 0 Å². The van der Waals surface area contributed by atoms with Gasteiger partial charge in [-0.3, -0.25) is 4.90 Å². The highest BCUT2D eigenvalue weighted by Gasteiger charge is 2.25. The van der Waals surface area contributed by atoms with Crippen molar-refractivity contribution in [1.82, 2.24) is 4.90 Å². The Kier molecular flexibility index (Phi) is 4.74. The van der Waals surface area contributed by atoms with E-state index in [1.807, 2.05) is 0 Å². The zero-order valence-electron chi connectivity index (χ0n) is 6.08. The smallest absolute Gasteiger partial charge is 0.295 e. The molecule has 5 heteroatoms. The molecule has 0 saturated carbocycles. The Morgan fingerprint density at radius 3 is 2.36 bits per heavy atom. The normalized spacial score (nSPS) is 12.2. The summed E-state index contributed by atoms with van der Waals surface area (Å²) in [5.41, 5.74) is 0. The van der Waals surface area contributed by atoms with E-state index in [0.29, 0.717) is 11.0 Å². The van der Waals surface area contributed by atoms with E-state index in [2.05, 4.69) is 38.4 Å². The minimum Gasteiger partial charge on any atom is -0.295 e. The van der Waals surface area contributed by atoms with Gasteiger partial charge in [0.05, 0.1) is 6.54 Å². The van der Waals surface area contributed by atoms with Crippen LogP contribution >= 0.6 is 31.9 Å². The van der Waals surface area contributed by atoms with Crippen LogP contribution in [0.2, 0.25) is 0 Å². The second-order valence-corrected chi connectivity index (χ2v) is 4.59. The third-order valence-electron chi connectivity index (χ3n) is 0.891. The molecule has 0 heterocycles. The quantitative estimate of drug-likeness (QED) is 0.720. The van der Waals surface area contributed by atoms with Gasteiger partial charge in [-0.25, -0.2) is 0 Å². The molecule has 0 amide bonds. The molecule has 0 spiro atoms. The van der Waals surface area contributed by atoms with E-state index in [1.54, 1.807) is 7.05 Å². The lowest BCUT2D eigenvalue weighted by Crippen LogP contribution is -2.30. The fraction of sp³-hybridized carbons (Fsp3) is 0.667. The van der Waals surface area contributed by atoms with E-state index in [9.17, 15) is 8.78 Å². The molecular formula is C6H9Br2F2N. The lowest BCUT2D eigenvalue weighted by molar-refractivity contribution is 0.0760. The summed E-state index contributed by atoms with van der Waals surface area (Å²) < 4.78 is 25.2. The van der Waals surface area contributed by atoms with Crippen LogP contribution in [0.4, 0.5) is 8.78 Å². The molecule has 1 nitrogen and oxygen atoms in total. The summed E-state index contributed by atoms with van der Waals surface area (Å²) in [5.74, 6) is 0. The van der Waals surface area contributed by atoms with Crippen LogP contribution in [-0.4, -0.2) is 29.9 Å². The number of alkyl halides is 3. The summed E-state index contributed by atoms with van der Waals surface area (Å²) in [4.78, 5) is -1.35. The van der Waals surface area contributed by atoms with Gasteiger partial charge in [0.25, 0.3) is 0 Å². The minimum absolute atomic E-state index is 0.322. The number of rotatable bonds is 4. The molecule has 0 radical (unpaired) electrons. The molecule has 0 aliphatic heterocycles. The predicted molar refractivity (Wildman–Crippen MR) is 49.4 cm³/mol. The zero-order valence-corrected chi connectivity index (χ0v) is 9.25. The van der Waals surface area contributed by atoms with Crippen molar-refractivity contribution in [3.63, 3.8) is 0 Å². The molecule has 0 saturated heterocycles. The number of nitrogens with zero attached hydrogens (tertiary/aromatic N) is 1. The third-order valence-corrected chi connectivity index (χ3v) is 1.39. The van der Waals surface area contributed by atoms with Gasteiger partial charge in [0.1, 0.15) is 0 Å². The highest BCUT2D eigenvalue weighted by Crippen LogP contribution is 2.22. The van der Waals surface area contributed by atoms with Gasteiger partial charge in [-0.05, 0) is 23.0 Å². The highest BCUT2D eigenvalue weighted by molar-refractivity contribution is 9.11. The molecule has 0 aromatic rings. The molecule has 0 aliphatic carbocycles.